The number of aryl methyl sites for hydroxylation is 1. The standard InChI is InChI=1S/C19H18ClN3O2/c20-14-3-1-2-13(10-14)11-17-18(19(21)25)16(22-23-17)9-6-12-4-7-15(24)8-5-12/h1-5,7-8,10,17,24H,6,9,11H2,(H2,21,25). The third-order valence-electron chi connectivity index (χ3n) is 4.13. The van der Waals surface area contributed by atoms with Crippen LogP contribution in [0.15, 0.2) is 70.0 Å². The Morgan fingerprint density at radius 2 is 1.88 bits per heavy atom. The molecule has 0 aromatic heterocycles. The van der Waals surface area contributed by atoms with E-state index in [2.05, 4.69) is 10.2 Å². The molecule has 3 rings (SSSR count). The minimum Gasteiger partial charge on any atom is -0.508 e. The van der Waals surface area contributed by atoms with Gasteiger partial charge in [-0.25, -0.2) is 0 Å². The lowest BCUT2D eigenvalue weighted by Crippen LogP contribution is -2.24. The van der Waals surface area contributed by atoms with E-state index in [1.165, 1.54) is 0 Å². The molecule has 0 bridgehead atoms. The Kier molecular flexibility index (Phi) is 5.14. The van der Waals surface area contributed by atoms with E-state index in [4.69, 9.17) is 17.3 Å². The predicted octanol–water partition coefficient (Wildman–Crippen LogP) is 3.79. The smallest absolute Gasteiger partial charge is 0.248 e. The molecule has 3 N–H and O–H groups in total. The van der Waals surface area contributed by atoms with E-state index in [0.29, 0.717) is 35.6 Å². The highest BCUT2D eigenvalue weighted by Crippen LogP contribution is 2.28. The van der Waals surface area contributed by atoms with Crippen molar-refractivity contribution >= 4 is 17.5 Å². The third kappa shape index (κ3) is 4.25. The van der Waals surface area contributed by atoms with Crippen LogP contribution in [0.5, 0.6) is 5.75 Å². The number of carbonyl (C=O) groups is 1. The minimum absolute atomic E-state index is 0.225. The maximum atomic E-state index is 11.9. The molecule has 0 aliphatic carbocycles. The lowest BCUT2D eigenvalue weighted by Gasteiger charge is -2.10. The number of hydrogen-bond acceptors (Lipinski definition) is 4. The van der Waals surface area contributed by atoms with Crippen LogP contribution < -0.4 is 5.73 Å². The molecular weight excluding hydrogens is 338 g/mol. The van der Waals surface area contributed by atoms with Gasteiger partial charge < -0.3 is 10.8 Å². The second-order valence-corrected chi connectivity index (χ2v) is 6.39. The fourth-order valence-electron chi connectivity index (χ4n) is 2.89. The van der Waals surface area contributed by atoms with Gasteiger partial charge in [-0.05, 0) is 48.2 Å². The zero-order valence-corrected chi connectivity index (χ0v) is 14.3. The number of azo groups is 1. The number of amides is 1. The number of halogens is 1. The van der Waals surface area contributed by atoms with E-state index in [1.807, 2.05) is 30.3 Å². The highest BCUT2D eigenvalue weighted by Gasteiger charge is 2.28. The second kappa shape index (κ2) is 7.49. The quantitative estimate of drug-likeness (QED) is 0.825. The summed E-state index contributed by atoms with van der Waals surface area (Å²) in [5.74, 6) is -0.263. The maximum Gasteiger partial charge on any atom is 0.248 e. The molecule has 6 heteroatoms. The molecule has 25 heavy (non-hydrogen) atoms. The number of nitrogens with two attached hydrogens (primary N) is 1. The zero-order valence-electron chi connectivity index (χ0n) is 13.5. The number of aromatic hydroxyl groups is 1. The first-order valence-electron chi connectivity index (χ1n) is 7.99. The van der Waals surface area contributed by atoms with Gasteiger partial charge in [-0.15, -0.1) is 0 Å². The lowest BCUT2D eigenvalue weighted by atomic mass is 9.96. The summed E-state index contributed by atoms with van der Waals surface area (Å²) in [4.78, 5) is 11.9. The van der Waals surface area contributed by atoms with Crippen LogP contribution in [0.1, 0.15) is 17.5 Å². The Bertz CT molecular complexity index is 844. The van der Waals surface area contributed by atoms with Gasteiger partial charge in [0.15, 0.2) is 0 Å². The summed E-state index contributed by atoms with van der Waals surface area (Å²) in [6.07, 6.45) is 1.79. The van der Waals surface area contributed by atoms with Crippen molar-refractivity contribution in [2.45, 2.75) is 25.3 Å². The van der Waals surface area contributed by atoms with Gasteiger partial charge in [0.25, 0.3) is 0 Å². The molecule has 1 amide bonds. The maximum absolute atomic E-state index is 11.9. The van der Waals surface area contributed by atoms with Gasteiger partial charge in [-0.2, -0.15) is 10.2 Å². The summed E-state index contributed by atoms with van der Waals surface area (Å²) < 4.78 is 0. The summed E-state index contributed by atoms with van der Waals surface area (Å²) >= 11 is 6.01. The van der Waals surface area contributed by atoms with E-state index in [-0.39, 0.29) is 11.8 Å². The van der Waals surface area contributed by atoms with Crippen molar-refractivity contribution < 1.29 is 9.90 Å². The Labute approximate surface area is 150 Å². The molecule has 1 unspecified atom stereocenters. The molecule has 2 aromatic rings. The molecule has 0 fully saturated rings. The molecule has 128 valence electrons. The molecule has 1 aliphatic heterocycles. The summed E-state index contributed by atoms with van der Waals surface area (Å²) in [5, 5.41) is 18.4. The topological polar surface area (TPSA) is 88.0 Å². The number of primary amides is 1. The molecule has 1 heterocycles. The summed E-state index contributed by atoms with van der Waals surface area (Å²) in [7, 11) is 0. The highest BCUT2D eigenvalue weighted by molar-refractivity contribution is 6.30. The molecule has 0 saturated heterocycles. The minimum atomic E-state index is -0.488. The van der Waals surface area contributed by atoms with Crippen LogP contribution in [0.2, 0.25) is 5.02 Å². The van der Waals surface area contributed by atoms with Gasteiger partial charge in [-0.3, -0.25) is 4.79 Å². The average Bonchev–Trinajstić information content (AvgIpc) is 2.97. The van der Waals surface area contributed by atoms with Gasteiger partial charge in [0, 0.05) is 11.4 Å². The second-order valence-electron chi connectivity index (χ2n) is 5.96. The number of rotatable bonds is 6. The van der Waals surface area contributed by atoms with Gasteiger partial charge >= 0.3 is 0 Å². The first-order chi connectivity index (χ1) is 12.0. The molecule has 1 atom stereocenters. The van der Waals surface area contributed by atoms with Crippen molar-refractivity contribution in [1.29, 1.82) is 0 Å². The number of allylic oxidation sites excluding steroid dienone is 1. The van der Waals surface area contributed by atoms with Crippen molar-refractivity contribution in [3.05, 3.63) is 76.0 Å². The number of nitrogens with zero attached hydrogens (tertiary/aromatic N) is 2. The molecule has 0 spiro atoms. The average molecular weight is 356 g/mol. The van der Waals surface area contributed by atoms with E-state index in [1.54, 1.807) is 18.2 Å². The van der Waals surface area contributed by atoms with Crippen molar-refractivity contribution in [1.82, 2.24) is 0 Å². The third-order valence-corrected chi connectivity index (χ3v) is 4.37. The summed E-state index contributed by atoms with van der Waals surface area (Å²) in [5.41, 5.74) is 8.70. The first kappa shape index (κ1) is 17.2. The predicted molar refractivity (Wildman–Crippen MR) is 96.4 cm³/mol. The van der Waals surface area contributed by atoms with E-state index in [9.17, 15) is 9.90 Å². The normalized spacial score (nSPS) is 16.4. The molecule has 1 aliphatic rings. The van der Waals surface area contributed by atoms with Crippen LogP contribution in [0.3, 0.4) is 0 Å². The van der Waals surface area contributed by atoms with Gasteiger partial charge in [0.1, 0.15) is 11.8 Å². The number of hydrogen-bond donors (Lipinski definition) is 2. The first-order valence-corrected chi connectivity index (χ1v) is 8.37. The largest absolute Gasteiger partial charge is 0.508 e. The fourth-order valence-corrected chi connectivity index (χ4v) is 3.10. The monoisotopic (exact) mass is 355 g/mol. The number of phenolic OH excluding ortho intramolecular Hbond substituents is 1. The molecular formula is C19H18ClN3O2. The molecule has 5 nitrogen and oxygen atoms in total. The molecule has 2 aromatic carbocycles. The fraction of sp³-hybridized carbons (Fsp3) is 0.211. The number of benzene rings is 2. The van der Waals surface area contributed by atoms with Crippen LogP contribution in [0.25, 0.3) is 0 Å². The number of phenols is 1. The van der Waals surface area contributed by atoms with Crippen molar-refractivity contribution in [2.24, 2.45) is 16.0 Å². The number of carbonyl (C=O) groups excluding carboxylic acids is 1. The van der Waals surface area contributed by atoms with Crippen LogP contribution in [-0.4, -0.2) is 17.1 Å². The van der Waals surface area contributed by atoms with Crippen LogP contribution >= 0.6 is 11.6 Å². The van der Waals surface area contributed by atoms with Crippen LogP contribution in [0.4, 0.5) is 0 Å². The molecule has 0 radical (unpaired) electrons. The SMILES string of the molecule is NC(=O)C1=C(CCc2ccc(O)cc2)N=NC1Cc1cccc(Cl)c1. The van der Waals surface area contributed by atoms with Crippen LogP contribution in [-0.2, 0) is 17.6 Å². The van der Waals surface area contributed by atoms with Gasteiger partial charge in [0.05, 0.1) is 11.3 Å². The Hall–Kier alpha value is -2.66. The van der Waals surface area contributed by atoms with E-state index < -0.39 is 5.91 Å². The zero-order chi connectivity index (χ0) is 17.8. The van der Waals surface area contributed by atoms with Crippen molar-refractivity contribution in [3.63, 3.8) is 0 Å². The van der Waals surface area contributed by atoms with E-state index >= 15 is 0 Å². The Balaban J connectivity index is 1.74. The highest BCUT2D eigenvalue weighted by atomic mass is 35.5. The van der Waals surface area contributed by atoms with Gasteiger partial charge in [0.2, 0.25) is 5.91 Å². The van der Waals surface area contributed by atoms with Gasteiger partial charge in [-0.1, -0.05) is 35.9 Å². The van der Waals surface area contributed by atoms with E-state index in [0.717, 1.165) is 11.1 Å². The van der Waals surface area contributed by atoms with Crippen molar-refractivity contribution in [2.75, 3.05) is 0 Å². The van der Waals surface area contributed by atoms with Crippen LogP contribution in [0, 0.1) is 0 Å². The van der Waals surface area contributed by atoms with Crippen molar-refractivity contribution in [3.8, 4) is 5.75 Å². The Morgan fingerprint density at radius 3 is 2.56 bits per heavy atom. The summed E-state index contributed by atoms with van der Waals surface area (Å²) in [6, 6.07) is 14.0. The molecule has 0 saturated carbocycles. The Morgan fingerprint density at radius 1 is 1.12 bits per heavy atom. The lowest BCUT2D eigenvalue weighted by molar-refractivity contribution is -0.114. The summed E-state index contributed by atoms with van der Waals surface area (Å²) in [6.45, 7) is 0.